The minimum atomic E-state index is -3.26. The molecule has 0 aliphatic carbocycles. The van der Waals surface area contributed by atoms with Crippen LogP contribution in [0.1, 0.15) is 16.1 Å². The van der Waals surface area contributed by atoms with E-state index in [1.165, 1.54) is 17.6 Å². The molecule has 2 aromatic carbocycles. The maximum atomic E-state index is 11.7. The number of thiazole rings is 1. The van der Waals surface area contributed by atoms with Gasteiger partial charge in [0.05, 0.1) is 4.90 Å². The predicted octanol–water partition coefficient (Wildman–Crippen LogP) is 1.82. The Labute approximate surface area is 156 Å². The molecule has 0 spiro atoms. The van der Waals surface area contributed by atoms with Crippen molar-refractivity contribution in [1.29, 1.82) is 0 Å². The van der Waals surface area contributed by atoms with E-state index in [9.17, 15) is 18.5 Å². The van der Waals surface area contributed by atoms with Crippen molar-refractivity contribution >= 4 is 45.4 Å². The summed E-state index contributed by atoms with van der Waals surface area (Å²) in [5.41, 5.74) is 2.82. The van der Waals surface area contributed by atoms with Crippen molar-refractivity contribution in [3.63, 3.8) is 0 Å². The van der Waals surface area contributed by atoms with Crippen LogP contribution < -0.4 is 5.46 Å². The van der Waals surface area contributed by atoms with E-state index >= 15 is 0 Å². The van der Waals surface area contributed by atoms with Gasteiger partial charge in [-0.2, -0.15) is 0 Å². The maximum absolute atomic E-state index is 11.7. The molecule has 132 valence electrons. The van der Waals surface area contributed by atoms with E-state index in [0.717, 1.165) is 21.7 Å². The Balaban J connectivity index is 2.08. The molecule has 2 N–H and O–H groups in total. The number of rotatable bonds is 5. The van der Waals surface area contributed by atoms with Gasteiger partial charge < -0.3 is 10.0 Å². The van der Waals surface area contributed by atoms with Gasteiger partial charge in [0.2, 0.25) is 0 Å². The molecule has 26 heavy (non-hydrogen) atoms. The average molecular weight is 385 g/mol. The van der Waals surface area contributed by atoms with E-state index in [2.05, 4.69) is 4.98 Å². The van der Waals surface area contributed by atoms with Crippen LogP contribution >= 0.6 is 11.3 Å². The lowest BCUT2D eigenvalue weighted by Gasteiger charge is -2.08. The lowest BCUT2D eigenvalue weighted by molar-refractivity contribution is 0.426. The summed E-state index contributed by atoms with van der Waals surface area (Å²) in [5.74, 6) is 0. The molecule has 0 bridgehead atoms. The van der Waals surface area contributed by atoms with Gasteiger partial charge >= 0.3 is 7.12 Å². The predicted molar refractivity (Wildman–Crippen MR) is 105 cm³/mol. The molecular weight excluding hydrogens is 369 g/mol. The molecular formula is C18H16BNO4S2. The van der Waals surface area contributed by atoms with Crippen molar-refractivity contribution < 1.29 is 18.5 Å². The quantitative estimate of drug-likeness (QED) is 0.517. The summed E-state index contributed by atoms with van der Waals surface area (Å²) in [6.45, 7) is 0. The van der Waals surface area contributed by atoms with Crippen molar-refractivity contribution in [2.24, 2.45) is 0 Å². The van der Waals surface area contributed by atoms with Crippen LogP contribution in [0.15, 0.2) is 65.0 Å². The van der Waals surface area contributed by atoms with Gasteiger partial charge in [0.15, 0.2) is 9.84 Å². The Bertz CT molecular complexity index is 1030. The lowest BCUT2D eigenvalue weighted by atomic mass is 9.79. The third kappa shape index (κ3) is 4.28. The zero-order chi connectivity index (χ0) is 18.7. The molecule has 0 saturated carbocycles. The van der Waals surface area contributed by atoms with Crippen molar-refractivity contribution in [3.05, 3.63) is 76.2 Å². The van der Waals surface area contributed by atoms with Crippen LogP contribution in [0.2, 0.25) is 0 Å². The molecule has 1 heterocycles. The SMILES string of the molecule is CS(=O)(=O)c1ccc(/C(=C/c2cccc(B(O)O)c2)c2nccs2)cc1. The van der Waals surface area contributed by atoms with E-state index in [-0.39, 0.29) is 4.90 Å². The highest BCUT2D eigenvalue weighted by Crippen LogP contribution is 2.28. The first-order valence-electron chi connectivity index (χ1n) is 7.73. The second-order valence-electron chi connectivity index (χ2n) is 5.74. The molecule has 0 unspecified atom stereocenters. The second kappa shape index (κ2) is 7.55. The van der Waals surface area contributed by atoms with Gasteiger partial charge in [-0.15, -0.1) is 11.3 Å². The fourth-order valence-electron chi connectivity index (χ4n) is 2.48. The van der Waals surface area contributed by atoms with Gasteiger partial charge in [0.25, 0.3) is 0 Å². The fraction of sp³-hybridized carbons (Fsp3) is 0.0556. The first kappa shape index (κ1) is 18.5. The van der Waals surface area contributed by atoms with Crippen LogP contribution in [0.4, 0.5) is 0 Å². The average Bonchev–Trinajstić information content (AvgIpc) is 3.13. The van der Waals surface area contributed by atoms with Crippen LogP contribution in [0, 0.1) is 0 Å². The molecule has 0 aliphatic heterocycles. The summed E-state index contributed by atoms with van der Waals surface area (Å²) in [5, 5.41) is 21.4. The summed E-state index contributed by atoms with van der Waals surface area (Å²) >= 11 is 1.47. The summed E-state index contributed by atoms with van der Waals surface area (Å²) in [7, 11) is -4.80. The van der Waals surface area contributed by atoms with Crippen LogP contribution in [-0.2, 0) is 9.84 Å². The lowest BCUT2D eigenvalue weighted by Crippen LogP contribution is -2.29. The molecule has 0 fully saturated rings. The van der Waals surface area contributed by atoms with E-state index in [1.54, 1.807) is 48.7 Å². The largest absolute Gasteiger partial charge is 0.488 e. The van der Waals surface area contributed by atoms with Crippen LogP contribution in [0.25, 0.3) is 11.6 Å². The Morgan fingerprint density at radius 2 is 1.88 bits per heavy atom. The number of hydrogen-bond donors (Lipinski definition) is 2. The van der Waals surface area contributed by atoms with E-state index in [0.29, 0.717) is 5.46 Å². The molecule has 8 heteroatoms. The summed E-state index contributed by atoms with van der Waals surface area (Å²) in [6.07, 6.45) is 4.76. The van der Waals surface area contributed by atoms with Gasteiger partial charge in [-0.3, -0.25) is 0 Å². The number of nitrogens with zero attached hydrogens (tertiary/aromatic N) is 1. The van der Waals surface area contributed by atoms with Gasteiger partial charge in [-0.05, 0) is 34.8 Å². The number of benzene rings is 2. The highest BCUT2D eigenvalue weighted by Gasteiger charge is 2.13. The third-order valence-electron chi connectivity index (χ3n) is 3.78. The molecule has 5 nitrogen and oxygen atoms in total. The van der Waals surface area contributed by atoms with Crippen LogP contribution in [0.3, 0.4) is 0 Å². The minimum absolute atomic E-state index is 0.255. The van der Waals surface area contributed by atoms with Crippen LogP contribution in [0.5, 0.6) is 0 Å². The van der Waals surface area contributed by atoms with E-state index in [4.69, 9.17) is 0 Å². The molecule has 0 aliphatic rings. The standard InChI is InChI=1S/C18H16BNO4S2/c1-26(23,24)16-7-5-14(6-8-16)17(18-20-9-10-25-18)12-13-3-2-4-15(11-13)19(21)22/h2-12,21-22H,1H3/b17-12-. The highest BCUT2D eigenvalue weighted by molar-refractivity contribution is 7.90. The topological polar surface area (TPSA) is 87.5 Å². The minimum Gasteiger partial charge on any atom is -0.423 e. The Kier molecular flexibility index (Phi) is 5.38. The number of aromatic nitrogens is 1. The number of sulfone groups is 1. The van der Waals surface area contributed by atoms with Crippen molar-refractivity contribution in [2.75, 3.05) is 6.26 Å². The van der Waals surface area contributed by atoms with Crippen molar-refractivity contribution in [2.45, 2.75) is 4.90 Å². The monoisotopic (exact) mass is 385 g/mol. The normalized spacial score (nSPS) is 12.2. The summed E-state index contributed by atoms with van der Waals surface area (Å²) in [4.78, 5) is 4.61. The van der Waals surface area contributed by atoms with Gasteiger partial charge in [-0.25, -0.2) is 13.4 Å². The molecule has 0 saturated heterocycles. The fourth-order valence-corrected chi connectivity index (χ4v) is 3.79. The van der Waals surface area contributed by atoms with Gasteiger partial charge in [-0.1, -0.05) is 36.4 Å². The van der Waals surface area contributed by atoms with Crippen molar-refractivity contribution in [1.82, 2.24) is 4.98 Å². The smallest absolute Gasteiger partial charge is 0.423 e. The summed E-state index contributed by atoms with van der Waals surface area (Å²) in [6, 6.07) is 13.5. The zero-order valence-electron chi connectivity index (χ0n) is 13.9. The zero-order valence-corrected chi connectivity index (χ0v) is 15.5. The molecule has 0 radical (unpaired) electrons. The molecule has 3 rings (SSSR count). The van der Waals surface area contributed by atoms with Gasteiger partial charge in [0.1, 0.15) is 5.01 Å². The second-order valence-corrected chi connectivity index (χ2v) is 8.65. The Morgan fingerprint density at radius 1 is 1.15 bits per heavy atom. The maximum Gasteiger partial charge on any atom is 0.488 e. The number of hydrogen-bond acceptors (Lipinski definition) is 6. The van der Waals surface area contributed by atoms with Crippen LogP contribution in [-0.4, -0.2) is 36.8 Å². The Hall–Kier alpha value is -2.26. The summed E-state index contributed by atoms with van der Waals surface area (Å²) < 4.78 is 23.3. The first-order valence-corrected chi connectivity index (χ1v) is 10.5. The van der Waals surface area contributed by atoms with Gasteiger partial charge in [0, 0.05) is 23.4 Å². The van der Waals surface area contributed by atoms with Crippen molar-refractivity contribution in [3.8, 4) is 0 Å². The van der Waals surface area contributed by atoms with E-state index in [1.807, 2.05) is 17.5 Å². The third-order valence-corrected chi connectivity index (χ3v) is 5.71. The van der Waals surface area contributed by atoms with E-state index < -0.39 is 17.0 Å². The highest BCUT2D eigenvalue weighted by atomic mass is 32.2. The molecule has 3 aromatic rings. The molecule has 0 amide bonds. The molecule has 1 aromatic heterocycles. The Morgan fingerprint density at radius 3 is 2.46 bits per heavy atom. The first-order chi connectivity index (χ1) is 12.3. The molecule has 0 atom stereocenters.